The molecule has 1 aliphatic rings. The Bertz CT molecular complexity index is 247. The fraction of sp³-hybridized carbons (Fsp3) is 0.727. The van der Waals surface area contributed by atoms with Gasteiger partial charge in [0.05, 0.1) is 12.2 Å². The standard InChI is InChI=1S/C11H20N2O2/c1-3-15-11(14)9(7-13-2)10(12)6-8-4-5-8/h7-8,10,13H,3-6,12H2,1-2H3/b9-7+. The zero-order valence-electron chi connectivity index (χ0n) is 9.45. The molecule has 15 heavy (non-hydrogen) atoms. The van der Waals surface area contributed by atoms with Crippen LogP contribution in [0.4, 0.5) is 0 Å². The van der Waals surface area contributed by atoms with E-state index in [-0.39, 0.29) is 12.0 Å². The first-order chi connectivity index (χ1) is 7.19. The van der Waals surface area contributed by atoms with Gasteiger partial charge in [-0.2, -0.15) is 0 Å². The monoisotopic (exact) mass is 212 g/mol. The van der Waals surface area contributed by atoms with Crippen molar-refractivity contribution < 1.29 is 9.53 Å². The third kappa shape index (κ3) is 3.91. The average molecular weight is 212 g/mol. The van der Waals surface area contributed by atoms with Crippen LogP contribution in [-0.4, -0.2) is 25.7 Å². The van der Waals surface area contributed by atoms with E-state index in [1.54, 1.807) is 20.2 Å². The van der Waals surface area contributed by atoms with Gasteiger partial charge >= 0.3 is 5.97 Å². The van der Waals surface area contributed by atoms with Crippen molar-refractivity contribution in [3.8, 4) is 0 Å². The average Bonchev–Trinajstić information content (AvgIpc) is 2.98. The molecule has 0 amide bonds. The van der Waals surface area contributed by atoms with Gasteiger partial charge in [-0.25, -0.2) is 4.79 Å². The van der Waals surface area contributed by atoms with Crippen molar-refractivity contribution in [2.75, 3.05) is 13.7 Å². The predicted molar refractivity (Wildman–Crippen MR) is 59.1 cm³/mol. The van der Waals surface area contributed by atoms with Gasteiger partial charge in [-0.3, -0.25) is 0 Å². The van der Waals surface area contributed by atoms with Crippen molar-refractivity contribution in [2.24, 2.45) is 11.7 Å². The van der Waals surface area contributed by atoms with E-state index in [9.17, 15) is 4.79 Å². The summed E-state index contributed by atoms with van der Waals surface area (Å²) in [5.41, 5.74) is 6.51. The SMILES string of the molecule is CCOC(=O)/C(=C/NC)C(N)CC1CC1. The number of carbonyl (C=O) groups excluding carboxylic acids is 1. The van der Waals surface area contributed by atoms with Crippen molar-refractivity contribution in [1.82, 2.24) is 5.32 Å². The summed E-state index contributed by atoms with van der Waals surface area (Å²) in [6.07, 6.45) is 5.00. The second kappa shape index (κ2) is 5.75. The van der Waals surface area contributed by atoms with Crippen LogP contribution in [0.25, 0.3) is 0 Å². The van der Waals surface area contributed by atoms with Crippen LogP contribution in [0.1, 0.15) is 26.2 Å². The minimum Gasteiger partial charge on any atom is -0.463 e. The Kier molecular flexibility index (Phi) is 4.62. The molecule has 0 aromatic rings. The van der Waals surface area contributed by atoms with Gasteiger partial charge in [-0.15, -0.1) is 0 Å². The molecule has 0 bridgehead atoms. The van der Waals surface area contributed by atoms with E-state index >= 15 is 0 Å². The van der Waals surface area contributed by atoms with Gasteiger partial charge in [0, 0.05) is 19.3 Å². The third-order valence-electron chi connectivity index (χ3n) is 2.49. The summed E-state index contributed by atoms with van der Waals surface area (Å²) < 4.78 is 4.95. The summed E-state index contributed by atoms with van der Waals surface area (Å²) in [7, 11) is 1.75. The summed E-state index contributed by atoms with van der Waals surface area (Å²) in [5, 5.41) is 2.84. The number of nitrogens with one attached hydrogen (secondary N) is 1. The lowest BCUT2D eigenvalue weighted by Crippen LogP contribution is -2.30. The molecule has 4 heteroatoms. The molecule has 0 spiro atoms. The molecule has 1 atom stereocenters. The number of rotatable bonds is 6. The van der Waals surface area contributed by atoms with E-state index in [1.165, 1.54) is 12.8 Å². The van der Waals surface area contributed by atoms with Crippen LogP contribution in [0.5, 0.6) is 0 Å². The second-order valence-corrected chi connectivity index (χ2v) is 3.89. The van der Waals surface area contributed by atoms with Crippen LogP contribution >= 0.6 is 0 Å². The Balaban J connectivity index is 2.54. The van der Waals surface area contributed by atoms with Crippen LogP contribution < -0.4 is 11.1 Å². The smallest absolute Gasteiger partial charge is 0.337 e. The van der Waals surface area contributed by atoms with Crippen LogP contribution in [-0.2, 0) is 9.53 Å². The molecule has 1 aliphatic carbocycles. The first-order valence-electron chi connectivity index (χ1n) is 5.49. The Hall–Kier alpha value is -1.03. The van der Waals surface area contributed by atoms with Crippen LogP contribution in [0.3, 0.4) is 0 Å². The summed E-state index contributed by atoms with van der Waals surface area (Å²) in [6, 6.07) is -0.205. The summed E-state index contributed by atoms with van der Waals surface area (Å²) in [5.74, 6) is 0.398. The van der Waals surface area contributed by atoms with Crippen LogP contribution in [0.2, 0.25) is 0 Å². The van der Waals surface area contributed by atoms with Gasteiger partial charge in [-0.1, -0.05) is 12.8 Å². The lowest BCUT2D eigenvalue weighted by Gasteiger charge is -2.14. The normalized spacial score (nSPS) is 18.5. The number of carbonyl (C=O) groups is 1. The molecule has 86 valence electrons. The molecule has 0 aromatic carbocycles. The van der Waals surface area contributed by atoms with Gasteiger partial charge in [-0.05, 0) is 19.3 Å². The summed E-state index contributed by atoms with van der Waals surface area (Å²) in [4.78, 5) is 11.6. The highest BCUT2D eigenvalue weighted by Crippen LogP contribution is 2.34. The largest absolute Gasteiger partial charge is 0.463 e. The van der Waals surface area contributed by atoms with Gasteiger partial charge in [0.15, 0.2) is 0 Å². The number of hydrogen-bond donors (Lipinski definition) is 2. The van der Waals surface area contributed by atoms with Crippen molar-refractivity contribution >= 4 is 5.97 Å². The highest BCUT2D eigenvalue weighted by atomic mass is 16.5. The lowest BCUT2D eigenvalue weighted by atomic mass is 10.0. The first-order valence-corrected chi connectivity index (χ1v) is 5.49. The Morgan fingerprint density at radius 3 is 2.80 bits per heavy atom. The Morgan fingerprint density at radius 2 is 2.33 bits per heavy atom. The predicted octanol–water partition coefficient (Wildman–Crippen LogP) is 0.780. The Labute approximate surface area is 90.9 Å². The second-order valence-electron chi connectivity index (χ2n) is 3.89. The molecule has 0 saturated heterocycles. The number of nitrogens with two attached hydrogens (primary N) is 1. The van der Waals surface area contributed by atoms with Crippen LogP contribution in [0, 0.1) is 5.92 Å². The molecule has 0 radical (unpaired) electrons. The van der Waals surface area contributed by atoms with E-state index in [0.29, 0.717) is 18.1 Å². The maximum Gasteiger partial charge on any atom is 0.337 e. The maximum atomic E-state index is 11.6. The molecular weight excluding hydrogens is 192 g/mol. The van der Waals surface area contributed by atoms with Gasteiger partial charge < -0.3 is 15.8 Å². The minimum atomic E-state index is -0.306. The van der Waals surface area contributed by atoms with Crippen LogP contribution in [0.15, 0.2) is 11.8 Å². The van der Waals surface area contributed by atoms with E-state index in [0.717, 1.165) is 6.42 Å². The van der Waals surface area contributed by atoms with Crippen molar-refractivity contribution in [3.05, 3.63) is 11.8 Å². The molecule has 3 N–H and O–H groups in total. The van der Waals surface area contributed by atoms with Gasteiger partial charge in [0.2, 0.25) is 0 Å². The first kappa shape index (κ1) is 12.0. The van der Waals surface area contributed by atoms with E-state index in [2.05, 4.69) is 5.32 Å². The maximum absolute atomic E-state index is 11.6. The lowest BCUT2D eigenvalue weighted by molar-refractivity contribution is -0.138. The molecule has 1 fully saturated rings. The number of hydrogen-bond acceptors (Lipinski definition) is 4. The van der Waals surface area contributed by atoms with Crippen molar-refractivity contribution in [3.63, 3.8) is 0 Å². The molecule has 0 aromatic heterocycles. The molecule has 1 saturated carbocycles. The fourth-order valence-electron chi connectivity index (χ4n) is 1.53. The number of esters is 1. The Morgan fingerprint density at radius 1 is 1.67 bits per heavy atom. The molecule has 0 heterocycles. The highest BCUT2D eigenvalue weighted by Gasteiger charge is 2.28. The van der Waals surface area contributed by atoms with Gasteiger partial charge in [0.25, 0.3) is 0 Å². The van der Waals surface area contributed by atoms with E-state index in [4.69, 9.17) is 10.5 Å². The zero-order valence-corrected chi connectivity index (χ0v) is 9.45. The summed E-state index contributed by atoms with van der Waals surface area (Å²) >= 11 is 0. The topological polar surface area (TPSA) is 64.3 Å². The highest BCUT2D eigenvalue weighted by molar-refractivity contribution is 5.89. The molecule has 0 aliphatic heterocycles. The number of ether oxygens (including phenoxy) is 1. The van der Waals surface area contributed by atoms with Crippen molar-refractivity contribution in [1.29, 1.82) is 0 Å². The fourth-order valence-corrected chi connectivity index (χ4v) is 1.53. The molecule has 1 rings (SSSR count). The molecular formula is C11H20N2O2. The third-order valence-corrected chi connectivity index (χ3v) is 2.49. The zero-order chi connectivity index (χ0) is 11.3. The van der Waals surface area contributed by atoms with E-state index in [1.807, 2.05) is 0 Å². The molecule has 4 nitrogen and oxygen atoms in total. The quantitative estimate of drug-likeness (QED) is 0.504. The summed E-state index contributed by atoms with van der Waals surface area (Å²) in [6.45, 7) is 2.18. The minimum absolute atomic E-state index is 0.205. The van der Waals surface area contributed by atoms with Crippen molar-refractivity contribution in [2.45, 2.75) is 32.2 Å². The van der Waals surface area contributed by atoms with E-state index < -0.39 is 0 Å². The molecule has 1 unspecified atom stereocenters. The van der Waals surface area contributed by atoms with Gasteiger partial charge in [0.1, 0.15) is 0 Å².